The van der Waals surface area contributed by atoms with Gasteiger partial charge in [0, 0.05) is 23.8 Å². The smallest absolute Gasteiger partial charge is 0.238 e. The Morgan fingerprint density at radius 2 is 1.91 bits per heavy atom. The van der Waals surface area contributed by atoms with E-state index in [1.807, 2.05) is 6.07 Å². The van der Waals surface area contributed by atoms with E-state index in [-0.39, 0.29) is 18.2 Å². The first-order valence-corrected chi connectivity index (χ1v) is 7.01. The molecule has 3 aromatic rings. The van der Waals surface area contributed by atoms with Gasteiger partial charge in [-0.15, -0.1) is 12.4 Å². The molecule has 0 unspecified atom stereocenters. The second-order valence-electron chi connectivity index (χ2n) is 5.00. The Morgan fingerprint density at radius 1 is 1.18 bits per heavy atom. The molecule has 1 aromatic carbocycles. The van der Waals surface area contributed by atoms with Gasteiger partial charge in [-0.05, 0) is 43.7 Å². The fourth-order valence-electron chi connectivity index (χ4n) is 2.56. The van der Waals surface area contributed by atoms with Gasteiger partial charge in [0.15, 0.2) is 0 Å². The summed E-state index contributed by atoms with van der Waals surface area (Å²) in [6.07, 6.45) is 1.75. The van der Waals surface area contributed by atoms with Crippen molar-refractivity contribution in [3.05, 3.63) is 59.7 Å². The number of ether oxygens (including phenoxy) is 1. The van der Waals surface area contributed by atoms with E-state index in [2.05, 4.69) is 29.5 Å². The molecule has 2 heterocycles. The molecule has 2 aromatic heterocycles. The Labute approximate surface area is 135 Å². The van der Waals surface area contributed by atoms with Crippen molar-refractivity contribution in [1.82, 2.24) is 9.55 Å². The quantitative estimate of drug-likeness (QED) is 0.707. The molecule has 0 saturated carbocycles. The minimum Gasteiger partial charge on any atom is -0.471 e. The number of fused-ring (bicyclic) bond motifs is 1. The van der Waals surface area contributed by atoms with E-state index < -0.39 is 0 Å². The standard InChI is InChI=1S/C17H17FN2O.ClH/c1-3-20-12(2)10-14-8-9-19-17(16(14)20)21-11-13-4-6-15(18)7-5-13;/h4-10H,3,11H2,1-2H3;1H. The van der Waals surface area contributed by atoms with Crippen LogP contribution in [0.4, 0.5) is 4.39 Å². The third-order valence-electron chi connectivity index (χ3n) is 3.59. The van der Waals surface area contributed by atoms with Crippen molar-refractivity contribution in [2.24, 2.45) is 0 Å². The molecule has 3 rings (SSSR count). The summed E-state index contributed by atoms with van der Waals surface area (Å²) in [6, 6.07) is 10.4. The average Bonchev–Trinajstić information content (AvgIpc) is 2.82. The molecular weight excluding hydrogens is 303 g/mol. The number of aromatic nitrogens is 2. The molecule has 116 valence electrons. The van der Waals surface area contributed by atoms with Gasteiger partial charge < -0.3 is 9.30 Å². The number of nitrogens with zero attached hydrogens (tertiary/aromatic N) is 2. The number of aryl methyl sites for hydroxylation is 2. The molecule has 0 amide bonds. The lowest BCUT2D eigenvalue weighted by Crippen LogP contribution is -2.02. The molecule has 0 aliphatic carbocycles. The fraction of sp³-hybridized carbons (Fsp3) is 0.235. The number of pyridine rings is 1. The minimum atomic E-state index is -0.241. The van der Waals surface area contributed by atoms with Crippen molar-refractivity contribution in [2.75, 3.05) is 0 Å². The van der Waals surface area contributed by atoms with Crippen molar-refractivity contribution in [3.63, 3.8) is 0 Å². The first kappa shape index (κ1) is 16.3. The summed E-state index contributed by atoms with van der Waals surface area (Å²) in [4.78, 5) is 4.34. The Bertz CT molecular complexity index is 768. The van der Waals surface area contributed by atoms with Crippen LogP contribution in [0.1, 0.15) is 18.2 Å². The van der Waals surface area contributed by atoms with Crippen molar-refractivity contribution in [2.45, 2.75) is 27.0 Å². The van der Waals surface area contributed by atoms with Gasteiger partial charge in [-0.3, -0.25) is 0 Å². The Morgan fingerprint density at radius 3 is 2.59 bits per heavy atom. The fourth-order valence-corrected chi connectivity index (χ4v) is 2.56. The van der Waals surface area contributed by atoms with Crippen LogP contribution in [0, 0.1) is 12.7 Å². The number of hydrogen-bond donors (Lipinski definition) is 0. The molecule has 0 atom stereocenters. The Hall–Kier alpha value is -2.07. The molecule has 0 aliphatic rings. The van der Waals surface area contributed by atoms with E-state index in [0.717, 1.165) is 23.0 Å². The molecule has 3 nitrogen and oxygen atoms in total. The summed E-state index contributed by atoms with van der Waals surface area (Å²) >= 11 is 0. The average molecular weight is 321 g/mol. The maximum Gasteiger partial charge on any atom is 0.238 e. The van der Waals surface area contributed by atoms with Gasteiger partial charge in [0.05, 0.1) is 0 Å². The zero-order chi connectivity index (χ0) is 14.8. The predicted octanol–water partition coefficient (Wildman–Crippen LogP) is 4.50. The Balaban J connectivity index is 0.00000176. The van der Waals surface area contributed by atoms with Gasteiger partial charge in [-0.2, -0.15) is 0 Å². The van der Waals surface area contributed by atoms with Crippen LogP contribution in [0.25, 0.3) is 10.9 Å². The number of rotatable bonds is 4. The van der Waals surface area contributed by atoms with Crippen LogP contribution >= 0.6 is 12.4 Å². The molecule has 0 bridgehead atoms. The van der Waals surface area contributed by atoms with Gasteiger partial charge in [-0.1, -0.05) is 12.1 Å². The maximum absolute atomic E-state index is 12.9. The van der Waals surface area contributed by atoms with Crippen LogP contribution < -0.4 is 4.74 Å². The van der Waals surface area contributed by atoms with Crippen molar-refractivity contribution in [1.29, 1.82) is 0 Å². The third-order valence-corrected chi connectivity index (χ3v) is 3.59. The van der Waals surface area contributed by atoms with Crippen molar-refractivity contribution >= 4 is 23.3 Å². The summed E-state index contributed by atoms with van der Waals surface area (Å²) in [5.74, 6) is 0.376. The number of halogens is 2. The summed E-state index contributed by atoms with van der Waals surface area (Å²) in [5, 5.41) is 1.12. The summed E-state index contributed by atoms with van der Waals surface area (Å²) < 4.78 is 20.9. The van der Waals surface area contributed by atoms with E-state index in [9.17, 15) is 4.39 Å². The molecule has 22 heavy (non-hydrogen) atoms. The van der Waals surface area contributed by atoms with Gasteiger partial charge >= 0.3 is 0 Å². The molecule has 5 heteroatoms. The molecule has 0 fully saturated rings. The molecule has 0 radical (unpaired) electrons. The molecule has 0 N–H and O–H groups in total. The maximum atomic E-state index is 12.9. The summed E-state index contributed by atoms with van der Waals surface area (Å²) in [5.41, 5.74) is 3.12. The lowest BCUT2D eigenvalue weighted by molar-refractivity contribution is 0.296. The van der Waals surface area contributed by atoms with Crippen LogP contribution in [-0.4, -0.2) is 9.55 Å². The lowest BCUT2D eigenvalue weighted by Gasteiger charge is -2.10. The van der Waals surface area contributed by atoms with Gasteiger partial charge in [0.1, 0.15) is 17.9 Å². The molecule has 0 spiro atoms. The first-order valence-electron chi connectivity index (χ1n) is 7.01. The van der Waals surface area contributed by atoms with Gasteiger partial charge in [-0.25, -0.2) is 9.37 Å². The van der Waals surface area contributed by atoms with Crippen LogP contribution in [0.15, 0.2) is 42.6 Å². The van der Waals surface area contributed by atoms with E-state index in [1.165, 1.54) is 17.8 Å². The highest BCUT2D eigenvalue weighted by Gasteiger charge is 2.11. The summed E-state index contributed by atoms with van der Waals surface area (Å²) in [6.45, 7) is 5.42. The van der Waals surface area contributed by atoms with Gasteiger partial charge in [0.2, 0.25) is 5.88 Å². The third kappa shape index (κ3) is 3.07. The number of benzene rings is 1. The second-order valence-corrected chi connectivity index (χ2v) is 5.00. The Kier molecular flexibility index (Phi) is 5.03. The van der Waals surface area contributed by atoms with E-state index in [1.54, 1.807) is 18.3 Å². The minimum absolute atomic E-state index is 0. The lowest BCUT2D eigenvalue weighted by atomic mass is 10.2. The van der Waals surface area contributed by atoms with Crippen LogP contribution in [0.3, 0.4) is 0 Å². The second kappa shape index (κ2) is 6.79. The van der Waals surface area contributed by atoms with E-state index in [4.69, 9.17) is 4.74 Å². The summed E-state index contributed by atoms with van der Waals surface area (Å²) in [7, 11) is 0. The zero-order valence-electron chi connectivity index (χ0n) is 12.5. The monoisotopic (exact) mass is 320 g/mol. The molecule has 0 aliphatic heterocycles. The highest BCUT2D eigenvalue weighted by molar-refractivity contribution is 5.85. The van der Waals surface area contributed by atoms with Gasteiger partial charge in [0.25, 0.3) is 0 Å². The zero-order valence-corrected chi connectivity index (χ0v) is 13.4. The largest absolute Gasteiger partial charge is 0.471 e. The SMILES string of the molecule is CCn1c(C)cc2ccnc(OCc3ccc(F)cc3)c21.Cl. The highest BCUT2D eigenvalue weighted by atomic mass is 35.5. The van der Waals surface area contributed by atoms with Crippen LogP contribution in [0.5, 0.6) is 5.88 Å². The predicted molar refractivity (Wildman–Crippen MR) is 88.1 cm³/mol. The topological polar surface area (TPSA) is 27.1 Å². The van der Waals surface area contributed by atoms with Crippen LogP contribution in [0.2, 0.25) is 0 Å². The molecular formula is C17H18ClFN2O. The van der Waals surface area contributed by atoms with Crippen molar-refractivity contribution < 1.29 is 9.13 Å². The first-order chi connectivity index (χ1) is 10.2. The number of hydrogen-bond acceptors (Lipinski definition) is 2. The van der Waals surface area contributed by atoms with Crippen molar-refractivity contribution in [3.8, 4) is 5.88 Å². The van der Waals surface area contributed by atoms with Crippen LogP contribution in [-0.2, 0) is 13.2 Å². The van der Waals surface area contributed by atoms with E-state index >= 15 is 0 Å². The van der Waals surface area contributed by atoms with E-state index in [0.29, 0.717) is 12.5 Å². The highest BCUT2D eigenvalue weighted by Crippen LogP contribution is 2.27. The molecule has 0 saturated heterocycles. The normalized spacial score (nSPS) is 10.5.